The summed E-state index contributed by atoms with van der Waals surface area (Å²) in [5.41, 5.74) is 1.43. The van der Waals surface area contributed by atoms with Crippen molar-refractivity contribution in [1.29, 1.82) is 0 Å². The number of hydrogen-bond acceptors (Lipinski definition) is 7. The molecule has 1 fully saturated rings. The van der Waals surface area contributed by atoms with Gasteiger partial charge in [0, 0.05) is 43.3 Å². The molecule has 0 bridgehead atoms. The van der Waals surface area contributed by atoms with Crippen molar-refractivity contribution in [2.75, 3.05) is 20.3 Å². The van der Waals surface area contributed by atoms with Crippen molar-refractivity contribution in [3.05, 3.63) is 64.3 Å². The molecule has 1 amide bonds. The van der Waals surface area contributed by atoms with Gasteiger partial charge in [0.25, 0.3) is 5.56 Å². The van der Waals surface area contributed by atoms with E-state index in [0.717, 1.165) is 5.69 Å². The molecular formula is C25H29N5O4. The summed E-state index contributed by atoms with van der Waals surface area (Å²) in [7, 11) is 1.58. The number of hydrogen-bond donors (Lipinski definition) is 2. The molecule has 9 heteroatoms. The molecule has 0 unspecified atom stereocenters. The monoisotopic (exact) mass is 463 g/mol. The van der Waals surface area contributed by atoms with E-state index < -0.39 is 0 Å². The molecule has 1 aliphatic rings. The molecule has 0 aliphatic heterocycles. The first-order valence-electron chi connectivity index (χ1n) is 11.6. The lowest BCUT2D eigenvalue weighted by molar-refractivity contribution is -0.121. The van der Waals surface area contributed by atoms with Crippen LogP contribution in [-0.2, 0) is 17.6 Å². The largest absolute Gasteiger partial charge is 0.493 e. The molecule has 4 rings (SSSR count). The lowest BCUT2D eigenvalue weighted by Crippen LogP contribution is -2.27. The topological polar surface area (TPSA) is 119 Å². The van der Waals surface area contributed by atoms with E-state index >= 15 is 0 Å². The first-order valence-corrected chi connectivity index (χ1v) is 11.6. The number of benzene rings is 1. The predicted molar refractivity (Wildman–Crippen MR) is 127 cm³/mol. The third-order valence-corrected chi connectivity index (χ3v) is 5.92. The molecular weight excluding hydrogens is 434 g/mol. The van der Waals surface area contributed by atoms with Gasteiger partial charge in [0.15, 0.2) is 17.3 Å². The first kappa shape index (κ1) is 23.4. The summed E-state index contributed by atoms with van der Waals surface area (Å²) in [6.45, 7) is 1.16. The number of H-pyrrole nitrogens is 1. The fourth-order valence-electron chi connectivity index (χ4n) is 3.65. The van der Waals surface area contributed by atoms with Crippen LogP contribution in [0.1, 0.15) is 37.1 Å². The number of aryl methyl sites for hydroxylation is 1. The molecule has 0 radical (unpaired) electrons. The third-order valence-electron chi connectivity index (χ3n) is 5.92. The Balaban J connectivity index is 1.31. The van der Waals surface area contributed by atoms with Crippen LogP contribution < -0.4 is 20.3 Å². The molecule has 178 valence electrons. The van der Waals surface area contributed by atoms with E-state index in [1.54, 1.807) is 19.4 Å². The van der Waals surface area contributed by atoms with E-state index in [4.69, 9.17) is 9.47 Å². The van der Waals surface area contributed by atoms with Gasteiger partial charge in [-0.3, -0.25) is 14.6 Å². The SMILES string of the molecule is COc1cc(-c2nnc(CCC(=O)NCCc3ccccn3)c(=O)[nH]2)ccc1OCC1CCC1. The van der Waals surface area contributed by atoms with Gasteiger partial charge in [0.1, 0.15) is 5.69 Å². The van der Waals surface area contributed by atoms with Gasteiger partial charge >= 0.3 is 0 Å². The third kappa shape index (κ3) is 6.18. The van der Waals surface area contributed by atoms with Crippen LogP contribution >= 0.6 is 0 Å². The molecule has 0 saturated heterocycles. The van der Waals surface area contributed by atoms with E-state index in [2.05, 4.69) is 25.5 Å². The predicted octanol–water partition coefficient (Wildman–Crippen LogP) is 2.71. The zero-order valence-electron chi connectivity index (χ0n) is 19.3. The van der Waals surface area contributed by atoms with Crippen LogP contribution in [0.2, 0.25) is 0 Å². The number of nitrogens with zero attached hydrogens (tertiary/aromatic N) is 3. The molecule has 0 spiro atoms. The van der Waals surface area contributed by atoms with Crippen LogP contribution in [0.3, 0.4) is 0 Å². The smallest absolute Gasteiger partial charge is 0.273 e. The van der Waals surface area contributed by atoms with Crippen LogP contribution in [0.25, 0.3) is 11.4 Å². The van der Waals surface area contributed by atoms with Crippen molar-refractivity contribution in [2.45, 2.75) is 38.5 Å². The summed E-state index contributed by atoms with van der Waals surface area (Å²) >= 11 is 0. The minimum atomic E-state index is -0.365. The number of carbonyl (C=O) groups is 1. The average Bonchev–Trinajstić information content (AvgIpc) is 2.83. The summed E-state index contributed by atoms with van der Waals surface area (Å²) < 4.78 is 11.4. The average molecular weight is 464 g/mol. The highest BCUT2D eigenvalue weighted by Gasteiger charge is 2.19. The van der Waals surface area contributed by atoms with Gasteiger partial charge in [-0.15, -0.1) is 10.2 Å². The molecule has 9 nitrogen and oxygen atoms in total. The molecule has 1 aromatic carbocycles. The van der Waals surface area contributed by atoms with E-state index in [1.165, 1.54) is 19.3 Å². The van der Waals surface area contributed by atoms with Crippen LogP contribution in [0, 0.1) is 5.92 Å². The number of amides is 1. The van der Waals surface area contributed by atoms with E-state index in [9.17, 15) is 9.59 Å². The van der Waals surface area contributed by atoms with Gasteiger partial charge in [-0.25, -0.2) is 0 Å². The highest BCUT2D eigenvalue weighted by molar-refractivity contribution is 5.76. The Morgan fingerprint density at radius 3 is 2.74 bits per heavy atom. The number of rotatable bonds is 11. The Labute approximate surface area is 198 Å². The van der Waals surface area contributed by atoms with Gasteiger partial charge in [0.2, 0.25) is 5.91 Å². The summed E-state index contributed by atoms with van der Waals surface area (Å²) in [4.78, 5) is 31.6. The van der Waals surface area contributed by atoms with Crippen molar-refractivity contribution < 1.29 is 14.3 Å². The van der Waals surface area contributed by atoms with Crippen molar-refractivity contribution >= 4 is 5.91 Å². The fraction of sp³-hybridized carbons (Fsp3) is 0.400. The Morgan fingerprint density at radius 1 is 1.15 bits per heavy atom. The second kappa shape index (κ2) is 11.4. The number of nitrogens with one attached hydrogen (secondary N) is 2. The van der Waals surface area contributed by atoms with Gasteiger partial charge in [-0.05, 0) is 49.1 Å². The highest BCUT2D eigenvalue weighted by Crippen LogP contribution is 2.33. The van der Waals surface area contributed by atoms with Crippen LogP contribution in [-0.4, -0.2) is 46.3 Å². The van der Waals surface area contributed by atoms with Gasteiger partial charge < -0.3 is 19.8 Å². The van der Waals surface area contributed by atoms with Crippen molar-refractivity contribution in [3.8, 4) is 22.9 Å². The van der Waals surface area contributed by atoms with Gasteiger partial charge in [0.05, 0.1) is 13.7 Å². The van der Waals surface area contributed by atoms with Crippen LogP contribution in [0.4, 0.5) is 0 Å². The Kier molecular flexibility index (Phi) is 7.85. The number of methoxy groups -OCH3 is 1. The Hall–Kier alpha value is -3.75. The maximum absolute atomic E-state index is 12.5. The molecule has 0 atom stereocenters. The molecule has 2 heterocycles. The van der Waals surface area contributed by atoms with E-state index in [-0.39, 0.29) is 30.0 Å². The summed E-state index contributed by atoms with van der Waals surface area (Å²) in [5, 5.41) is 11.0. The maximum atomic E-state index is 12.5. The van der Waals surface area contributed by atoms with Crippen molar-refractivity contribution in [2.24, 2.45) is 5.92 Å². The minimum absolute atomic E-state index is 0.150. The minimum Gasteiger partial charge on any atom is -0.493 e. The van der Waals surface area contributed by atoms with Crippen molar-refractivity contribution in [3.63, 3.8) is 0 Å². The Bertz CT molecular complexity index is 1160. The number of aromatic nitrogens is 4. The lowest BCUT2D eigenvalue weighted by atomic mass is 9.86. The van der Waals surface area contributed by atoms with E-state index in [1.807, 2.05) is 30.3 Å². The fourth-order valence-corrected chi connectivity index (χ4v) is 3.65. The summed E-state index contributed by atoms with van der Waals surface area (Å²) in [5.74, 6) is 2.04. The molecule has 1 aliphatic carbocycles. The van der Waals surface area contributed by atoms with Crippen LogP contribution in [0.15, 0.2) is 47.4 Å². The van der Waals surface area contributed by atoms with Crippen molar-refractivity contribution in [1.82, 2.24) is 25.5 Å². The number of carbonyl (C=O) groups excluding carboxylic acids is 1. The van der Waals surface area contributed by atoms with Gasteiger partial charge in [-0.1, -0.05) is 12.5 Å². The summed E-state index contributed by atoms with van der Waals surface area (Å²) in [6.07, 6.45) is 6.40. The quantitative estimate of drug-likeness (QED) is 0.449. The number of ether oxygens (including phenoxy) is 2. The van der Waals surface area contributed by atoms with Crippen LogP contribution in [0.5, 0.6) is 11.5 Å². The molecule has 3 aromatic rings. The van der Waals surface area contributed by atoms with E-state index in [0.29, 0.717) is 48.4 Å². The zero-order chi connectivity index (χ0) is 23.8. The number of aromatic amines is 1. The Morgan fingerprint density at radius 2 is 2.03 bits per heavy atom. The molecule has 2 aromatic heterocycles. The standard InChI is InChI=1S/C25H29N5O4/c1-33-22-15-18(8-10-21(22)34-16-17-5-4-6-17)24-28-25(32)20(29-30-24)9-11-23(31)27-14-12-19-7-2-3-13-26-19/h2-3,7-8,10,13,15,17H,4-6,9,11-12,14,16H2,1H3,(H,27,31)(H,28,30,32). The summed E-state index contributed by atoms with van der Waals surface area (Å²) in [6, 6.07) is 11.1. The number of pyridine rings is 1. The molecule has 1 saturated carbocycles. The second-order valence-corrected chi connectivity index (χ2v) is 8.34. The normalized spacial score (nSPS) is 13.2. The molecule has 34 heavy (non-hydrogen) atoms. The first-order chi connectivity index (χ1) is 16.6. The van der Waals surface area contributed by atoms with Gasteiger partial charge in [-0.2, -0.15) is 0 Å². The molecule has 2 N–H and O–H groups in total. The lowest BCUT2D eigenvalue weighted by Gasteiger charge is -2.25. The zero-order valence-corrected chi connectivity index (χ0v) is 19.3. The highest BCUT2D eigenvalue weighted by atomic mass is 16.5. The second-order valence-electron chi connectivity index (χ2n) is 8.34. The maximum Gasteiger partial charge on any atom is 0.273 e.